The maximum Gasteiger partial charge on any atom is 0.311 e. The van der Waals surface area contributed by atoms with Gasteiger partial charge < -0.3 is 10.1 Å². The fourth-order valence-electron chi connectivity index (χ4n) is 1.50. The zero-order valence-corrected chi connectivity index (χ0v) is 9.43. The summed E-state index contributed by atoms with van der Waals surface area (Å²) in [6, 6.07) is 0. The molecule has 1 fully saturated rings. The van der Waals surface area contributed by atoms with Crippen molar-refractivity contribution >= 4 is 5.97 Å². The third kappa shape index (κ3) is 3.66. The van der Waals surface area contributed by atoms with Gasteiger partial charge >= 0.3 is 5.97 Å². The average molecular weight is 199 g/mol. The molecule has 0 bridgehead atoms. The van der Waals surface area contributed by atoms with Crippen LogP contribution in [0.1, 0.15) is 33.6 Å². The zero-order valence-electron chi connectivity index (χ0n) is 9.43. The number of rotatable bonds is 3. The van der Waals surface area contributed by atoms with Crippen molar-refractivity contribution in [2.24, 2.45) is 11.3 Å². The number of hydrogen-bond acceptors (Lipinski definition) is 3. The van der Waals surface area contributed by atoms with Crippen molar-refractivity contribution < 1.29 is 9.53 Å². The van der Waals surface area contributed by atoms with E-state index in [0.717, 1.165) is 19.5 Å². The Bertz CT molecular complexity index is 190. The molecule has 0 aromatic rings. The predicted octanol–water partition coefficient (Wildman–Crippen LogP) is 1.58. The van der Waals surface area contributed by atoms with Crippen LogP contribution in [0.2, 0.25) is 0 Å². The molecule has 14 heavy (non-hydrogen) atoms. The maximum absolute atomic E-state index is 11.4. The maximum atomic E-state index is 11.4. The monoisotopic (exact) mass is 199 g/mol. The summed E-state index contributed by atoms with van der Waals surface area (Å²) in [6.07, 6.45) is 2.21. The highest BCUT2D eigenvalue weighted by molar-refractivity contribution is 5.75. The third-order valence-corrected chi connectivity index (χ3v) is 2.53. The normalized spacial score (nSPS) is 22.4. The van der Waals surface area contributed by atoms with Crippen LogP contribution in [0.4, 0.5) is 0 Å². The molecule has 3 heteroatoms. The van der Waals surface area contributed by atoms with E-state index >= 15 is 0 Å². The van der Waals surface area contributed by atoms with Gasteiger partial charge in [-0.15, -0.1) is 0 Å². The number of carbonyl (C=O) groups is 1. The van der Waals surface area contributed by atoms with E-state index in [1.807, 2.05) is 20.8 Å². The Hall–Kier alpha value is -0.570. The molecule has 82 valence electrons. The lowest BCUT2D eigenvalue weighted by molar-refractivity contribution is -0.153. The Labute approximate surface area is 86.2 Å². The van der Waals surface area contributed by atoms with E-state index in [-0.39, 0.29) is 11.4 Å². The quantitative estimate of drug-likeness (QED) is 0.701. The van der Waals surface area contributed by atoms with Gasteiger partial charge in [0, 0.05) is 0 Å². The van der Waals surface area contributed by atoms with Gasteiger partial charge in [0.1, 0.15) is 0 Å². The fourth-order valence-corrected chi connectivity index (χ4v) is 1.50. The molecule has 0 aliphatic carbocycles. The molecular weight excluding hydrogens is 178 g/mol. The molecule has 1 atom stereocenters. The summed E-state index contributed by atoms with van der Waals surface area (Å²) in [5.74, 6) is 0.603. The van der Waals surface area contributed by atoms with Gasteiger partial charge in [0.05, 0.1) is 12.0 Å². The second-order valence-corrected chi connectivity index (χ2v) is 5.03. The predicted molar refractivity (Wildman–Crippen MR) is 56.0 cm³/mol. The molecule has 0 radical (unpaired) electrons. The van der Waals surface area contributed by atoms with Gasteiger partial charge in [0.2, 0.25) is 0 Å². The van der Waals surface area contributed by atoms with E-state index in [2.05, 4.69) is 5.32 Å². The smallest absolute Gasteiger partial charge is 0.311 e. The first-order chi connectivity index (χ1) is 6.50. The minimum Gasteiger partial charge on any atom is -0.465 e. The molecule has 0 aromatic heterocycles. The molecule has 0 amide bonds. The number of hydrogen-bond donors (Lipinski definition) is 1. The Morgan fingerprint density at radius 2 is 2.21 bits per heavy atom. The molecule has 1 heterocycles. The van der Waals surface area contributed by atoms with E-state index in [4.69, 9.17) is 4.74 Å². The third-order valence-electron chi connectivity index (χ3n) is 2.53. The molecule has 0 saturated carbocycles. The van der Waals surface area contributed by atoms with Crippen molar-refractivity contribution in [3.8, 4) is 0 Å². The Morgan fingerprint density at radius 3 is 2.71 bits per heavy atom. The van der Waals surface area contributed by atoms with Gasteiger partial charge in [-0.05, 0) is 52.6 Å². The van der Waals surface area contributed by atoms with Crippen LogP contribution in [0.5, 0.6) is 0 Å². The average Bonchev–Trinajstić information content (AvgIpc) is 2.55. The lowest BCUT2D eigenvalue weighted by atomic mass is 9.97. The summed E-state index contributed by atoms with van der Waals surface area (Å²) in [7, 11) is 0. The molecule has 0 spiro atoms. The van der Waals surface area contributed by atoms with Crippen molar-refractivity contribution in [3.63, 3.8) is 0 Å². The molecule has 1 saturated heterocycles. The van der Waals surface area contributed by atoms with Crippen LogP contribution in [0.25, 0.3) is 0 Å². The minimum atomic E-state index is -0.367. The van der Waals surface area contributed by atoms with Crippen LogP contribution in [-0.2, 0) is 9.53 Å². The number of carbonyl (C=O) groups excluding carboxylic acids is 1. The second kappa shape index (κ2) is 4.78. The Kier molecular flexibility index (Phi) is 3.93. The highest BCUT2D eigenvalue weighted by Gasteiger charge is 2.23. The van der Waals surface area contributed by atoms with E-state index in [1.165, 1.54) is 6.42 Å². The fraction of sp³-hybridized carbons (Fsp3) is 0.909. The molecule has 1 aliphatic rings. The highest BCUT2D eigenvalue weighted by atomic mass is 16.5. The second-order valence-electron chi connectivity index (χ2n) is 5.03. The standard InChI is InChI=1S/C11H21NO2/c1-11(2,3)10(13)14-7-5-9-4-6-12-8-9/h9,12H,4-8H2,1-3H3/t9-/m0/s1. The minimum absolute atomic E-state index is 0.0940. The van der Waals surface area contributed by atoms with Gasteiger partial charge in [0.25, 0.3) is 0 Å². The molecule has 1 N–H and O–H groups in total. The van der Waals surface area contributed by atoms with Crippen molar-refractivity contribution in [3.05, 3.63) is 0 Å². The molecule has 1 rings (SSSR count). The summed E-state index contributed by atoms with van der Waals surface area (Å²) in [5.41, 5.74) is -0.367. The van der Waals surface area contributed by atoms with Gasteiger partial charge in [-0.25, -0.2) is 0 Å². The molecule has 0 aromatic carbocycles. The van der Waals surface area contributed by atoms with Gasteiger partial charge in [-0.2, -0.15) is 0 Å². The molecule has 1 aliphatic heterocycles. The largest absolute Gasteiger partial charge is 0.465 e. The van der Waals surface area contributed by atoms with E-state index < -0.39 is 0 Å². The summed E-state index contributed by atoms with van der Waals surface area (Å²) in [6.45, 7) is 8.40. The van der Waals surface area contributed by atoms with Crippen molar-refractivity contribution in [2.45, 2.75) is 33.6 Å². The number of ether oxygens (including phenoxy) is 1. The van der Waals surface area contributed by atoms with Gasteiger partial charge in [-0.3, -0.25) is 4.79 Å². The molecule has 0 unspecified atom stereocenters. The Morgan fingerprint density at radius 1 is 1.50 bits per heavy atom. The van der Waals surface area contributed by atoms with Crippen LogP contribution in [0, 0.1) is 11.3 Å². The van der Waals surface area contributed by atoms with Crippen molar-refractivity contribution in [2.75, 3.05) is 19.7 Å². The topological polar surface area (TPSA) is 38.3 Å². The summed E-state index contributed by atoms with van der Waals surface area (Å²) >= 11 is 0. The lowest BCUT2D eigenvalue weighted by Gasteiger charge is -2.17. The van der Waals surface area contributed by atoms with Crippen LogP contribution < -0.4 is 5.32 Å². The zero-order chi connectivity index (χ0) is 10.6. The first-order valence-corrected chi connectivity index (χ1v) is 5.38. The van der Waals surface area contributed by atoms with Crippen LogP contribution in [-0.4, -0.2) is 25.7 Å². The van der Waals surface area contributed by atoms with Gasteiger partial charge in [0.15, 0.2) is 0 Å². The van der Waals surface area contributed by atoms with Gasteiger partial charge in [-0.1, -0.05) is 0 Å². The summed E-state index contributed by atoms with van der Waals surface area (Å²) in [4.78, 5) is 11.4. The first kappa shape index (κ1) is 11.5. The Balaban J connectivity index is 2.11. The highest BCUT2D eigenvalue weighted by Crippen LogP contribution is 2.17. The summed E-state index contributed by atoms with van der Waals surface area (Å²) < 4.78 is 5.20. The first-order valence-electron chi connectivity index (χ1n) is 5.38. The SMILES string of the molecule is CC(C)(C)C(=O)OCC[C@@H]1CCNC1. The molecule has 3 nitrogen and oxygen atoms in total. The van der Waals surface area contributed by atoms with Crippen LogP contribution >= 0.6 is 0 Å². The van der Waals surface area contributed by atoms with Crippen LogP contribution in [0.15, 0.2) is 0 Å². The lowest BCUT2D eigenvalue weighted by Crippen LogP contribution is -2.24. The van der Waals surface area contributed by atoms with E-state index in [1.54, 1.807) is 0 Å². The van der Waals surface area contributed by atoms with Crippen LogP contribution in [0.3, 0.4) is 0 Å². The number of nitrogens with one attached hydrogen (secondary N) is 1. The van der Waals surface area contributed by atoms with Crippen molar-refractivity contribution in [1.29, 1.82) is 0 Å². The van der Waals surface area contributed by atoms with E-state index in [0.29, 0.717) is 12.5 Å². The molecular formula is C11H21NO2. The van der Waals surface area contributed by atoms with E-state index in [9.17, 15) is 4.79 Å². The number of esters is 1. The summed E-state index contributed by atoms with van der Waals surface area (Å²) in [5, 5.41) is 3.30. The van der Waals surface area contributed by atoms with Crippen molar-refractivity contribution in [1.82, 2.24) is 5.32 Å².